The second-order valence-electron chi connectivity index (χ2n) is 2.10. The zero-order valence-corrected chi connectivity index (χ0v) is 6.45. The molecule has 3 N–H and O–H groups in total. The lowest BCUT2D eigenvalue weighted by molar-refractivity contribution is 0.265. The highest BCUT2D eigenvalue weighted by Crippen LogP contribution is 1.97. The van der Waals surface area contributed by atoms with Crippen molar-refractivity contribution in [2.24, 2.45) is 5.73 Å². The molecule has 3 heteroatoms. The first-order valence-corrected chi connectivity index (χ1v) is 2.67. The van der Waals surface area contributed by atoms with Crippen LogP contribution in [-0.2, 0) is 0 Å². The van der Waals surface area contributed by atoms with Crippen molar-refractivity contribution >= 4 is 12.4 Å². The molecular formula is C6H14ClNO. The van der Waals surface area contributed by atoms with Gasteiger partial charge in [0.25, 0.3) is 0 Å². The van der Waals surface area contributed by atoms with E-state index < -0.39 is 0 Å². The second-order valence-corrected chi connectivity index (χ2v) is 2.10. The smallest absolute Gasteiger partial charge is 0.0585 e. The third-order valence-corrected chi connectivity index (χ3v) is 0.845. The van der Waals surface area contributed by atoms with E-state index in [1.165, 1.54) is 0 Å². The largest absolute Gasteiger partial charge is 0.395 e. The predicted octanol–water partition coefficient (Wildman–Crippen LogP) is 0.694. The Morgan fingerprint density at radius 2 is 2.22 bits per heavy atom. The molecule has 0 aliphatic heterocycles. The zero-order valence-electron chi connectivity index (χ0n) is 5.63. The van der Waals surface area contributed by atoms with Crippen molar-refractivity contribution in [3.63, 3.8) is 0 Å². The Labute approximate surface area is 62.2 Å². The van der Waals surface area contributed by atoms with Gasteiger partial charge in [0.2, 0.25) is 0 Å². The van der Waals surface area contributed by atoms with Gasteiger partial charge in [0.05, 0.1) is 6.61 Å². The van der Waals surface area contributed by atoms with E-state index in [4.69, 9.17) is 10.8 Å². The molecule has 0 saturated heterocycles. The summed E-state index contributed by atoms with van der Waals surface area (Å²) in [7, 11) is 0. The zero-order chi connectivity index (χ0) is 6.57. The quantitative estimate of drug-likeness (QED) is 0.584. The molecule has 0 bridgehead atoms. The summed E-state index contributed by atoms with van der Waals surface area (Å²) in [6.45, 7) is 5.60. The molecule has 0 spiro atoms. The number of nitrogens with two attached hydrogens (primary N) is 1. The Kier molecular flexibility index (Phi) is 7.91. The molecule has 1 atom stereocenters. The molecule has 0 aromatic carbocycles. The van der Waals surface area contributed by atoms with E-state index >= 15 is 0 Å². The van der Waals surface area contributed by atoms with Crippen molar-refractivity contribution < 1.29 is 5.11 Å². The highest BCUT2D eigenvalue weighted by atomic mass is 35.5. The maximum absolute atomic E-state index is 8.42. The number of aliphatic hydroxyl groups is 1. The first-order valence-electron chi connectivity index (χ1n) is 2.67. The lowest BCUT2D eigenvalue weighted by atomic mass is 10.1. The van der Waals surface area contributed by atoms with Gasteiger partial charge in [-0.2, -0.15) is 0 Å². The Hall–Kier alpha value is -0.0500. The third kappa shape index (κ3) is 7.95. The summed E-state index contributed by atoms with van der Waals surface area (Å²) in [5.41, 5.74) is 6.38. The van der Waals surface area contributed by atoms with Gasteiger partial charge in [-0.3, -0.25) is 0 Å². The number of rotatable bonds is 3. The maximum atomic E-state index is 8.42. The molecule has 0 aliphatic carbocycles. The fourth-order valence-corrected chi connectivity index (χ4v) is 0.512. The van der Waals surface area contributed by atoms with Crippen LogP contribution >= 0.6 is 12.4 Å². The fourth-order valence-electron chi connectivity index (χ4n) is 0.512. The summed E-state index contributed by atoms with van der Waals surface area (Å²) in [5.74, 6) is 0. The van der Waals surface area contributed by atoms with E-state index in [1.807, 2.05) is 6.92 Å². The summed E-state index contributed by atoms with van der Waals surface area (Å²) < 4.78 is 0. The third-order valence-electron chi connectivity index (χ3n) is 0.845. The van der Waals surface area contributed by atoms with Crippen LogP contribution in [0, 0.1) is 0 Å². The van der Waals surface area contributed by atoms with E-state index in [1.54, 1.807) is 0 Å². The normalized spacial score (nSPS) is 11.9. The molecule has 1 unspecified atom stereocenters. The summed E-state index contributed by atoms with van der Waals surface area (Å²) >= 11 is 0. The maximum Gasteiger partial charge on any atom is 0.0585 e. The number of halogens is 1. The van der Waals surface area contributed by atoms with E-state index in [2.05, 4.69) is 6.58 Å². The van der Waals surface area contributed by atoms with Gasteiger partial charge in [-0.1, -0.05) is 5.57 Å². The topological polar surface area (TPSA) is 46.2 Å². The first-order chi connectivity index (χ1) is 3.66. The monoisotopic (exact) mass is 151 g/mol. The molecule has 2 nitrogen and oxygen atoms in total. The first kappa shape index (κ1) is 11.7. The minimum atomic E-state index is -0.118. The molecule has 0 heterocycles. The van der Waals surface area contributed by atoms with E-state index in [0.29, 0.717) is 0 Å². The Morgan fingerprint density at radius 3 is 2.33 bits per heavy atom. The van der Waals surface area contributed by atoms with Crippen molar-refractivity contribution in [2.45, 2.75) is 19.4 Å². The van der Waals surface area contributed by atoms with Crippen molar-refractivity contribution in [3.05, 3.63) is 12.2 Å². The molecule has 56 valence electrons. The minimum absolute atomic E-state index is 0. The van der Waals surface area contributed by atoms with Gasteiger partial charge in [0.15, 0.2) is 0 Å². The second kappa shape index (κ2) is 6.08. The molecule has 0 amide bonds. The summed E-state index contributed by atoms with van der Waals surface area (Å²) in [6.07, 6.45) is 0.719. The van der Waals surface area contributed by atoms with Crippen molar-refractivity contribution in [3.8, 4) is 0 Å². The van der Waals surface area contributed by atoms with Crippen LogP contribution in [0.5, 0.6) is 0 Å². The van der Waals surface area contributed by atoms with E-state index in [0.717, 1.165) is 12.0 Å². The SMILES string of the molecule is C=C(C)CC(N)CO.Cl. The van der Waals surface area contributed by atoms with Crippen LogP contribution in [0.15, 0.2) is 12.2 Å². The van der Waals surface area contributed by atoms with Crippen LogP contribution in [0.25, 0.3) is 0 Å². The Balaban J connectivity index is 0. The Bertz CT molecular complexity index is 85.1. The predicted molar refractivity (Wildman–Crippen MR) is 41.7 cm³/mol. The number of aliphatic hydroxyl groups excluding tert-OH is 1. The number of hydrogen-bond donors (Lipinski definition) is 2. The molecule has 0 radical (unpaired) electrons. The van der Waals surface area contributed by atoms with E-state index in [-0.39, 0.29) is 25.1 Å². The molecular weight excluding hydrogens is 138 g/mol. The number of hydrogen-bond acceptors (Lipinski definition) is 2. The summed E-state index contributed by atoms with van der Waals surface area (Å²) in [6, 6.07) is -0.118. The summed E-state index contributed by atoms with van der Waals surface area (Å²) in [5, 5.41) is 8.42. The van der Waals surface area contributed by atoms with Gasteiger partial charge in [-0.25, -0.2) is 0 Å². The lowest BCUT2D eigenvalue weighted by Crippen LogP contribution is -2.24. The van der Waals surface area contributed by atoms with Gasteiger partial charge in [-0.15, -0.1) is 19.0 Å². The molecule has 0 rings (SSSR count). The van der Waals surface area contributed by atoms with E-state index in [9.17, 15) is 0 Å². The van der Waals surface area contributed by atoms with Gasteiger partial charge in [0, 0.05) is 6.04 Å². The highest BCUT2D eigenvalue weighted by molar-refractivity contribution is 5.85. The average molecular weight is 152 g/mol. The average Bonchev–Trinajstić information content (AvgIpc) is 1.65. The van der Waals surface area contributed by atoms with Crippen LogP contribution < -0.4 is 5.73 Å². The highest BCUT2D eigenvalue weighted by Gasteiger charge is 1.97. The fraction of sp³-hybridized carbons (Fsp3) is 0.667. The van der Waals surface area contributed by atoms with Gasteiger partial charge < -0.3 is 10.8 Å². The van der Waals surface area contributed by atoms with Crippen molar-refractivity contribution in [1.29, 1.82) is 0 Å². The van der Waals surface area contributed by atoms with Crippen LogP contribution in [0.3, 0.4) is 0 Å². The minimum Gasteiger partial charge on any atom is -0.395 e. The molecule has 0 saturated carbocycles. The van der Waals surface area contributed by atoms with Gasteiger partial charge >= 0.3 is 0 Å². The molecule has 0 aliphatic rings. The molecule has 0 aromatic rings. The van der Waals surface area contributed by atoms with Crippen molar-refractivity contribution in [2.75, 3.05) is 6.61 Å². The van der Waals surface area contributed by atoms with Crippen LogP contribution in [-0.4, -0.2) is 17.8 Å². The standard InChI is InChI=1S/C6H13NO.ClH/c1-5(2)3-6(7)4-8;/h6,8H,1,3-4,7H2,2H3;1H. The van der Waals surface area contributed by atoms with Crippen LogP contribution in [0.1, 0.15) is 13.3 Å². The molecule has 9 heavy (non-hydrogen) atoms. The van der Waals surface area contributed by atoms with Crippen molar-refractivity contribution in [1.82, 2.24) is 0 Å². The van der Waals surface area contributed by atoms with Crippen LogP contribution in [0.4, 0.5) is 0 Å². The molecule has 0 aromatic heterocycles. The Morgan fingerprint density at radius 1 is 1.78 bits per heavy atom. The van der Waals surface area contributed by atoms with Crippen LogP contribution in [0.2, 0.25) is 0 Å². The summed E-state index contributed by atoms with van der Waals surface area (Å²) in [4.78, 5) is 0. The lowest BCUT2D eigenvalue weighted by Gasteiger charge is -2.05. The van der Waals surface area contributed by atoms with Gasteiger partial charge in [0.1, 0.15) is 0 Å². The molecule has 0 fully saturated rings. The van der Waals surface area contributed by atoms with Gasteiger partial charge in [-0.05, 0) is 13.3 Å².